The van der Waals surface area contributed by atoms with Gasteiger partial charge in [-0.15, -0.1) is 11.3 Å². The van der Waals surface area contributed by atoms with Crippen molar-refractivity contribution in [2.75, 3.05) is 17.2 Å². The zero-order valence-electron chi connectivity index (χ0n) is 13.1. The van der Waals surface area contributed by atoms with Gasteiger partial charge in [0.25, 0.3) is 0 Å². The first-order valence-electron chi connectivity index (χ1n) is 8.09. The second kappa shape index (κ2) is 7.04. The van der Waals surface area contributed by atoms with Crippen molar-refractivity contribution < 1.29 is 9.90 Å². The Bertz CT molecular complexity index is 664. The lowest BCUT2D eigenvalue weighted by atomic mass is 9.89. The molecule has 1 saturated carbocycles. The highest BCUT2D eigenvalue weighted by molar-refractivity contribution is 7.13. The van der Waals surface area contributed by atoms with Gasteiger partial charge in [-0.25, -0.2) is 4.79 Å². The standard InChI is InChI=1S/C18H22N2O2S/c19-15-9-8-14(17-7-4-10-23-17)11-16(15)20(18(21)22)12-13-5-2-1-3-6-13/h4,7-11,13H,1-3,5-6,12,19H2,(H,21,22). The van der Waals surface area contributed by atoms with E-state index in [0.717, 1.165) is 23.3 Å². The van der Waals surface area contributed by atoms with Crippen molar-refractivity contribution in [2.45, 2.75) is 32.1 Å². The van der Waals surface area contributed by atoms with Crippen molar-refractivity contribution in [3.8, 4) is 10.4 Å². The molecule has 1 aliphatic carbocycles. The quantitative estimate of drug-likeness (QED) is 0.770. The largest absolute Gasteiger partial charge is 0.465 e. The maximum atomic E-state index is 11.8. The summed E-state index contributed by atoms with van der Waals surface area (Å²) in [5.41, 5.74) is 8.22. The smallest absolute Gasteiger partial charge is 0.411 e. The Balaban J connectivity index is 1.89. The number of thiophene rings is 1. The van der Waals surface area contributed by atoms with Gasteiger partial charge in [0.1, 0.15) is 0 Å². The van der Waals surface area contributed by atoms with Gasteiger partial charge < -0.3 is 10.8 Å². The van der Waals surface area contributed by atoms with Gasteiger partial charge in [0.2, 0.25) is 0 Å². The van der Waals surface area contributed by atoms with Crippen molar-refractivity contribution in [3.63, 3.8) is 0 Å². The molecule has 0 radical (unpaired) electrons. The number of rotatable bonds is 4. The third-order valence-corrected chi connectivity index (χ3v) is 5.44. The maximum absolute atomic E-state index is 11.8. The molecule has 1 aliphatic rings. The first-order valence-corrected chi connectivity index (χ1v) is 8.97. The summed E-state index contributed by atoms with van der Waals surface area (Å²) in [5, 5.41) is 11.7. The summed E-state index contributed by atoms with van der Waals surface area (Å²) in [6, 6.07) is 9.68. The van der Waals surface area contributed by atoms with E-state index in [1.807, 2.05) is 29.6 Å². The van der Waals surface area contributed by atoms with Crippen LogP contribution in [0.3, 0.4) is 0 Å². The molecule has 0 saturated heterocycles. The monoisotopic (exact) mass is 330 g/mol. The predicted molar refractivity (Wildman–Crippen MR) is 96.1 cm³/mol. The molecule has 23 heavy (non-hydrogen) atoms. The van der Waals surface area contributed by atoms with Gasteiger partial charge >= 0.3 is 6.09 Å². The van der Waals surface area contributed by atoms with E-state index in [1.54, 1.807) is 17.4 Å². The van der Waals surface area contributed by atoms with E-state index >= 15 is 0 Å². The van der Waals surface area contributed by atoms with Crippen LogP contribution in [0.2, 0.25) is 0 Å². The summed E-state index contributed by atoms with van der Waals surface area (Å²) in [6.45, 7) is 0.535. The zero-order chi connectivity index (χ0) is 16.2. The van der Waals surface area contributed by atoms with Gasteiger partial charge in [-0.1, -0.05) is 31.4 Å². The first-order chi connectivity index (χ1) is 11.1. The second-order valence-electron chi connectivity index (χ2n) is 6.15. The summed E-state index contributed by atoms with van der Waals surface area (Å²) >= 11 is 1.64. The van der Waals surface area contributed by atoms with Crippen LogP contribution in [-0.4, -0.2) is 17.7 Å². The molecule has 122 valence electrons. The van der Waals surface area contributed by atoms with Crippen LogP contribution in [0.15, 0.2) is 35.7 Å². The van der Waals surface area contributed by atoms with Gasteiger partial charge in [0.15, 0.2) is 0 Å². The van der Waals surface area contributed by atoms with E-state index in [2.05, 4.69) is 0 Å². The number of nitrogens with two attached hydrogens (primary N) is 1. The molecule has 0 spiro atoms. The molecule has 1 fully saturated rings. The molecule has 1 aromatic carbocycles. The minimum absolute atomic E-state index is 0.435. The lowest BCUT2D eigenvalue weighted by molar-refractivity contribution is 0.199. The van der Waals surface area contributed by atoms with Gasteiger partial charge in [0.05, 0.1) is 11.4 Å². The van der Waals surface area contributed by atoms with E-state index < -0.39 is 6.09 Å². The van der Waals surface area contributed by atoms with Crippen molar-refractivity contribution in [3.05, 3.63) is 35.7 Å². The summed E-state index contributed by atoms with van der Waals surface area (Å²) < 4.78 is 0. The summed E-state index contributed by atoms with van der Waals surface area (Å²) in [7, 11) is 0. The van der Waals surface area contributed by atoms with Crippen molar-refractivity contribution in [2.24, 2.45) is 5.92 Å². The molecule has 1 heterocycles. The fraction of sp³-hybridized carbons (Fsp3) is 0.389. The highest BCUT2D eigenvalue weighted by atomic mass is 32.1. The minimum atomic E-state index is -0.925. The van der Waals surface area contributed by atoms with Gasteiger partial charge in [-0.2, -0.15) is 0 Å². The number of hydrogen-bond donors (Lipinski definition) is 2. The van der Waals surface area contributed by atoms with E-state index in [1.165, 1.54) is 24.2 Å². The third kappa shape index (κ3) is 3.67. The second-order valence-corrected chi connectivity index (χ2v) is 7.10. The van der Waals surface area contributed by atoms with Crippen molar-refractivity contribution in [1.29, 1.82) is 0 Å². The summed E-state index contributed by atoms with van der Waals surface area (Å²) in [6.07, 6.45) is 4.94. The molecule has 0 atom stereocenters. The topological polar surface area (TPSA) is 66.6 Å². The summed E-state index contributed by atoms with van der Waals surface area (Å²) in [4.78, 5) is 14.3. The molecule has 5 heteroatoms. The van der Waals surface area contributed by atoms with E-state index in [4.69, 9.17) is 5.73 Å². The van der Waals surface area contributed by atoms with E-state index in [0.29, 0.717) is 23.8 Å². The third-order valence-electron chi connectivity index (χ3n) is 4.52. The highest BCUT2D eigenvalue weighted by Gasteiger charge is 2.23. The summed E-state index contributed by atoms with van der Waals surface area (Å²) in [5.74, 6) is 0.435. The number of nitrogen functional groups attached to an aromatic ring is 1. The first kappa shape index (κ1) is 15.9. The van der Waals surface area contributed by atoms with Crippen LogP contribution < -0.4 is 10.6 Å². The zero-order valence-corrected chi connectivity index (χ0v) is 13.9. The molecular formula is C18H22N2O2S. The Hall–Kier alpha value is -2.01. The van der Waals surface area contributed by atoms with Crippen LogP contribution in [-0.2, 0) is 0 Å². The molecule has 3 rings (SSSR count). The number of carbonyl (C=O) groups is 1. The molecule has 2 aromatic rings. The Morgan fingerprint density at radius 3 is 2.70 bits per heavy atom. The van der Waals surface area contributed by atoms with Gasteiger partial charge in [-0.05, 0) is 47.9 Å². The fourth-order valence-corrected chi connectivity index (χ4v) is 4.00. The lowest BCUT2D eigenvalue weighted by Crippen LogP contribution is -2.35. The van der Waals surface area contributed by atoms with E-state index in [9.17, 15) is 9.90 Å². The number of nitrogens with zero attached hydrogens (tertiary/aromatic N) is 1. The number of benzene rings is 1. The Labute approximate surface area is 140 Å². The molecule has 0 bridgehead atoms. The molecule has 1 aromatic heterocycles. The van der Waals surface area contributed by atoms with Crippen molar-refractivity contribution in [1.82, 2.24) is 0 Å². The van der Waals surface area contributed by atoms with Crippen LogP contribution in [0.1, 0.15) is 32.1 Å². The number of hydrogen-bond acceptors (Lipinski definition) is 3. The van der Waals surface area contributed by atoms with Gasteiger partial charge in [0, 0.05) is 11.4 Å². The molecule has 1 amide bonds. The molecular weight excluding hydrogens is 308 g/mol. The van der Waals surface area contributed by atoms with E-state index in [-0.39, 0.29) is 0 Å². The molecule has 0 aliphatic heterocycles. The number of anilines is 2. The van der Waals surface area contributed by atoms with Crippen LogP contribution in [0.4, 0.5) is 16.2 Å². The van der Waals surface area contributed by atoms with Crippen LogP contribution in [0, 0.1) is 5.92 Å². The average molecular weight is 330 g/mol. The average Bonchev–Trinajstić information content (AvgIpc) is 3.09. The highest BCUT2D eigenvalue weighted by Crippen LogP contribution is 2.34. The van der Waals surface area contributed by atoms with Gasteiger partial charge in [-0.3, -0.25) is 4.90 Å². The normalized spacial score (nSPS) is 15.5. The Morgan fingerprint density at radius 1 is 1.26 bits per heavy atom. The molecule has 4 nitrogen and oxygen atoms in total. The molecule has 0 unspecified atom stereocenters. The molecule has 3 N–H and O–H groups in total. The minimum Gasteiger partial charge on any atom is -0.465 e. The fourth-order valence-electron chi connectivity index (χ4n) is 3.28. The number of carboxylic acid groups (broad SMARTS) is 1. The predicted octanol–water partition coefficient (Wildman–Crippen LogP) is 5.06. The maximum Gasteiger partial charge on any atom is 0.411 e. The van der Waals surface area contributed by atoms with Crippen LogP contribution in [0.25, 0.3) is 10.4 Å². The SMILES string of the molecule is Nc1ccc(-c2cccs2)cc1N(CC1CCCCC1)C(=O)O. The Kier molecular flexibility index (Phi) is 4.86. The van der Waals surface area contributed by atoms with Crippen molar-refractivity contribution >= 4 is 28.8 Å². The van der Waals surface area contributed by atoms with Crippen LogP contribution in [0.5, 0.6) is 0 Å². The lowest BCUT2D eigenvalue weighted by Gasteiger charge is -2.29. The van der Waals surface area contributed by atoms with Crippen LogP contribution >= 0.6 is 11.3 Å². The number of amides is 1. The Morgan fingerprint density at radius 2 is 2.04 bits per heavy atom.